The summed E-state index contributed by atoms with van der Waals surface area (Å²) in [6.07, 6.45) is 1.50. The van der Waals surface area contributed by atoms with Crippen LogP contribution in [0.25, 0.3) is 0 Å². The molecule has 0 aliphatic rings. The molecule has 0 bridgehead atoms. The van der Waals surface area contributed by atoms with Gasteiger partial charge in [-0.2, -0.15) is 0 Å². The molecule has 1 atom stereocenters. The van der Waals surface area contributed by atoms with Gasteiger partial charge < -0.3 is 10.2 Å². The summed E-state index contributed by atoms with van der Waals surface area (Å²) < 4.78 is 28.7. The molecule has 3 aromatic carbocycles. The standard InChI is InChI=1S/C29H33Cl2N3O4S/c1-4-18-32-29(36)21(3)33(19-25-26(30)12-9-13-27(25)31)28(35)20-34(23-16-14-22(5-2)15-17-23)39(37,38)24-10-7-6-8-11-24/h6-17,21H,4-5,18-20H2,1-3H3,(H,32,36). The number of amides is 2. The van der Waals surface area contributed by atoms with Gasteiger partial charge in [-0.25, -0.2) is 8.42 Å². The summed E-state index contributed by atoms with van der Waals surface area (Å²) in [7, 11) is -4.12. The molecule has 0 aliphatic heterocycles. The molecule has 0 aliphatic carbocycles. The highest BCUT2D eigenvalue weighted by Crippen LogP contribution is 2.28. The SMILES string of the molecule is CCCNC(=O)C(C)N(Cc1c(Cl)cccc1Cl)C(=O)CN(c1ccc(CC)cc1)S(=O)(=O)c1ccccc1. The maximum Gasteiger partial charge on any atom is 0.264 e. The molecule has 0 fully saturated rings. The Morgan fingerprint density at radius 3 is 2.08 bits per heavy atom. The Morgan fingerprint density at radius 1 is 0.897 bits per heavy atom. The number of rotatable bonds is 12. The Labute approximate surface area is 240 Å². The largest absolute Gasteiger partial charge is 0.354 e. The van der Waals surface area contributed by atoms with Crippen molar-refractivity contribution in [2.75, 3.05) is 17.4 Å². The van der Waals surface area contributed by atoms with Gasteiger partial charge in [-0.1, -0.05) is 73.4 Å². The fourth-order valence-corrected chi connectivity index (χ4v) is 5.93. The van der Waals surface area contributed by atoms with Crippen molar-refractivity contribution in [3.63, 3.8) is 0 Å². The minimum atomic E-state index is -4.12. The Morgan fingerprint density at radius 2 is 1.51 bits per heavy atom. The van der Waals surface area contributed by atoms with Gasteiger partial charge in [-0.15, -0.1) is 0 Å². The molecule has 3 aromatic rings. The molecule has 0 heterocycles. The predicted octanol–water partition coefficient (Wildman–Crippen LogP) is 5.69. The van der Waals surface area contributed by atoms with Gasteiger partial charge in [0.2, 0.25) is 11.8 Å². The monoisotopic (exact) mass is 589 g/mol. The second kappa shape index (κ2) is 13.8. The van der Waals surface area contributed by atoms with E-state index in [2.05, 4.69) is 5.32 Å². The summed E-state index contributed by atoms with van der Waals surface area (Å²) in [4.78, 5) is 28.2. The fourth-order valence-electron chi connectivity index (χ4n) is 3.98. The second-order valence-corrected chi connectivity index (χ2v) is 11.7. The van der Waals surface area contributed by atoms with Crippen LogP contribution >= 0.6 is 23.2 Å². The number of nitrogens with one attached hydrogen (secondary N) is 1. The van der Waals surface area contributed by atoms with Crippen LogP contribution in [0.3, 0.4) is 0 Å². The summed E-state index contributed by atoms with van der Waals surface area (Å²) in [5, 5.41) is 3.48. The van der Waals surface area contributed by atoms with Crippen molar-refractivity contribution in [2.24, 2.45) is 0 Å². The van der Waals surface area contributed by atoms with E-state index in [4.69, 9.17) is 23.2 Å². The normalized spacial score (nSPS) is 12.0. The lowest BCUT2D eigenvalue weighted by Crippen LogP contribution is -2.51. The zero-order chi connectivity index (χ0) is 28.6. The van der Waals surface area contributed by atoms with Gasteiger partial charge in [0.25, 0.3) is 10.0 Å². The van der Waals surface area contributed by atoms with Gasteiger partial charge in [0.15, 0.2) is 0 Å². The molecule has 0 saturated heterocycles. The van der Waals surface area contributed by atoms with Crippen molar-refractivity contribution in [3.05, 3.63) is 94.0 Å². The molecule has 1 N–H and O–H groups in total. The van der Waals surface area contributed by atoms with Crippen LogP contribution < -0.4 is 9.62 Å². The lowest BCUT2D eigenvalue weighted by atomic mass is 10.1. The Bertz CT molecular complexity index is 1360. The van der Waals surface area contributed by atoms with Crippen LogP contribution in [0.15, 0.2) is 77.7 Å². The number of aryl methyl sites for hydroxylation is 1. The summed E-state index contributed by atoms with van der Waals surface area (Å²) in [5.41, 5.74) is 1.83. The quantitative estimate of drug-likeness (QED) is 0.294. The molecule has 39 heavy (non-hydrogen) atoms. The summed E-state index contributed by atoms with van der Waals surface area (Å²) in [6, 6.07) is 19.0. The van der Waals surface area contributed by atoms with Crippen molar-refractivity contribution >= 4 is 50.7 Å². The van der Waals surface area contributed by atoms with E-state index in [0.717, 1.165) is 22.7 Å². The van der Waals surface area contributed by atoms with E-state index >= 15 is 0 Å². The number of hydrogen-bond donors (Lipinski definition) is 1. The third-order valence-electron chi connectivity index (χ3n) is 6.35. The maximum atomic E-state index is 13.9. The van der Waals surface area contributed by atoms with E-state index in [0.29, 0.717) is 27.8 Å². The minimum absolute atomic E-state index is 0.0480. The van der Waals surface area contributed by atoms with Crippen molar-refractivity contribution in [1.29, 1.82) is 0 Å². The van der Waals surface area contributed by atoms with Gasteiger partial charge in [0.1, 0.15) is 12.6 Å². The first-order valence-electron chi connectivity index (χ1n) is 12.8. The van der Waals surface area contributed by atoms with Crippen LogP contribution in [0.1, 0.15) is 38.3 Å². The highest BCUT2D eigenvalue weighted by Gasteiger charge is 2.33. The third kappa shape index (κ3) is 7.53. The van der Waals surface area contributed by atoms with Gasteiger partial charge in [-0.3, -0.25) is 13.9 Å². The second-order valence-electron chi connectivity index (χ2n) is 9.03. The van der Waals surface area contributed by atoms with Crippen molar-refractivity contribution in [3.8, 4) is 0 Å². The van der Waals surface area contributed by atoms with Crippen LogP contribution in [0.5, 0.6) is 0 Å². The molecule has 2 amide bonds. The molecular formula is C29H33Cl2N3O4S. The summed E-state index contributed by atoms with van der Waals surface area (Å²) in [5.74, 6) is -0.942. The van der Waals surface area contributed by atoms with Crippen molar-refractivity contribution in [2.45, 2.75) is 51.1 Å². The number of carbonyl (C=O) groups excluding carboxylic acids is 2. The zero-order valence-electron chi connectivity index (χ0n) is 22.2. The minimum Gasteiger partial charge on any atom is -0.354 e. The first-order chi connectivity index (χ1) is 18.6. The van der Waals surface area contributed by atoms with Gasteiger partial charge in [-0.05, 0) is 61.7 Å². The van der Waals surface area contributed by atoms with Gasteiger partial charge in [0, 0.05) is 28.7 Å². The number of halogens is 2. The lowest BCUT2D eigenvalue weighted by Gasteiger charge is -2.32. The molecule has 3 rings (SSSR count). The fraction of sp³-hybridized carbons (Fsp3) is 0.310. The highest BCUT2D eigenvalue weighted by atomic mass is 35.5. The molecule has 1 unspecified atom stereocenters. The Hall–Kier alpha value is -3.07. The van der Waals surface area contributed by atoms with Crippen LogP contribution in [0, 0.1) is 0 Å². The molecule has 0 spiro atoms. The van der Waals surface area contributed by atoms with E-state index < -0.39 is 28.5 Å². The highest BCUT2D eigenvalue weighted by molar-refractivity contribution is 7.92. The lowest BCUT2D eigenvalue weighted by molar-refractivity contribution is -0.139. The number of carbonyl (C=O) groups is 2. The number of nitrogens with zero attached hydrogens (tertiary/aromatic N) is 2. The van der Waals surface area contributed by atoms with Crippen LogP contribution in [0.4, 0.5) is 5.69 Å². The predicted molar refractivity (Wildman–Crippen MR) is 157 cm³/mol. The molecule has 208 valence electrons. The van der Waals surface area contributed by atoms with E-state index in [9.17, 15) is 18.0 Å². The molecule has 0 radical (unpaired) electrons. The Kier molecular flexibility index (Phi) is 10.8. The topological polar surface area (TPSA) is 86.8 Å². The zero-order valence-corrected chi connectivity index (χ0v) is 24.6. The number of anilines is 1. The van der Waals surface area contributed by atoms with Gasteiger partial charge >= 0.3 is 0 Å². The smallest absolute Gasteiger partial charge is 0.264 e. The van der Waals surface area contributed by atoms with Crippen molar-refractivity contribution < 1.29 is 18.0 Å². The van der Waals surface area contributed by atoms with E-state index in [1.165, 1.54) is 17.0 Å². The maximum absolute atomic E-state index is 13.9. The van der Waals surface area contributed by atoms with Crippen LogP contribution in [0.2, 0.25) is 10.0 Å². The van der Waals surface area contributed by atoms with Crippen LogP contribution in [-0.4, -0.2) is 44.3 Å². The molecule has 0 aromatic heterocycles. The summed E-state index contributed by atoms with van der Waals surface area (Å²) >= 11 is 12.8. The molecule has 0 saturated carbocycles. The average Bonchev–Trinajstić information content (AvgIpc) is 2.94. The first-order valence-corrected chi connectivity index (χ1v) is 15.0. The van der Waals surface area contributed by atoms with Crippen molar-refractivity contribution in [1.82, 2.24) is 10.2 Å². The van der Waals surface area contributed by atoms with Crippen LogP contribution in [-0.2, 0) is 32.6 Å². The van der Waals surface area contributed by atoms with Gasteiger partial charge in [0.05, 0.1) is 10.6 Å². The third-order valence-corrected chi connectivity index (χ3v) is 8.85. The summed E-state index contributed by atoms with van der Waals surface area (Å²) in [6.45, 7) is 5.35. The molecule has 10 heteroatoms. The first kappa shape index (κ1) is 30.5. The average molecular weight is 591 g/mol. The molecule has 7 nitrogen and oxygen atoms in total. The number of sulfonamides is 1. The van der Waals surface area contributed by atoms with E-state index in [-0.39, 0.29) is 17.3 Å². The molecular weight excluding hydrogens is 557 g/mol. The van der Waals surface area contributed by atoms with E-state index in [1.54, 1.807) is 55.5 Å². The number of hydrogen-bond acceptors (Lipinski definition) is 4. The Balaban J connectivity index is 2.05. The number of benzene rings is 3. The van der Waals surface area contributed by atoms with E-state index in [1.807, 2.05) is 26.0 Å².